The second-order valence-corrected chi connectivity index (χ2v) is 4.89. The quantitative estimate of drug-likeness (QED) is 0.711. The van der Waals surface area contributed by atoms with E-state index in [9.17, 15) is 0 Å². The summed E-state index contributed by atoms with van der Waals surface area (Å²) in [6.45, 7) is 0. The average molecular weight is 291 g/mol. The van der Waals surface area contributed by atoms with E-state index in [0.29, 0.717) is 0 Å². The number of methoxy groups -OCH3 is 1. The van der Waals surface area contributed by atoms with Gasteiger partial charge in [-0.05, 0) is 48.5 Å². The minimum atomic E-state index is 0.729. The van der Waals surface area contributed by atoms with Crippen LogP contribution in [0.4, 0.5) is 17.2 Å². The van der Waals surface area contributed by atoms with Gasteiger partial charge in [-0.1, -0.05) is 18.2 Å². The van der Waals surface area contributed by atoms with Gasteiger partial charge in [0, 0.05) is 16.9 Å². The first kappa shape index (κ1) is 13.9. The van der Waals surface area contributed by atoms with E-state index < -0.39 is 0 Å². The van der Waals surface area contributed by atoms with Gasteiger partial charge in [0.15, 0.2) is 0 Å². The van der Waals surface area contributed by atoms with Crippen molar-refractivity contribution in [3.63, 3.8) is 0 Å². The highest BCUT2D eigenvalue weighted by atomic mass is 16.5. The lowest BCUT2D eigenvalue weighted by molar-refractivity contribution is 0.415. The van der Waals surface area contributed by atoms with Crippen molar-refractivity contribution in [2.75, 3.05) is 18.2 Å². The molecule has 110 valence electrons. The first-order chi connectivity index (χ1) is 10.7. The predicted octanol–water partition coefficient (Wildman–Crippen LogP) is 4.08. The van der Waals surface area contributed by atoms with Gasteiger partial charge in [-0.2, -0.15) is 0 Å². The number of nitrogens with two attached hydrogens (primary N) is 1. The molecule has 2 aromatic carbocycles. The van der Waals surface area contributed by atoms with E-state index in [-0.39, 0.29) is 0 Å². The van der Waals surface area contributed by atoms with Crippen molar-refractivity contribution < 1.29 is 4.74 Å². The van der Waals surface area contributed by atoms with E-state index in [1.807, 2.05) is 66.7 Å². The predicted molar refractivity (Wildman–Crippen MR) is 90.4 cm³/mol. The van der Waals surface area contributed by atoms with Crippen LogP contribution < -0.4 is 15.8 Å². The van der Waals surface area contributed by atoms with E-state index in [2.05, 4.69) is 10.3 Å². The maximum atomic E-state index is 5.83. The Morgan fingerprint density at radius 2 is 1.73 bits per heavy atom. The second kappa shape index (κ2) is 6.18. The van der Waals surface area contributed by atoms with Crippen molar-refractivity contribution in [3.8, 4) is 17.0 Å². The van der Waals surface area contributed by atoms with Crippen LogP contribution in [0.25, 0.3) is 11.3 Å². The summed E-state index contributed by atoms with van der Waals surface area (Å²) < 4.78 is 5.15. The van der Waals surface area contributed by atoms with Crippen molar-refractivity contribution in [2.24, 2.45) is 0 Å². The maximum Gasteiger partial charge on any atom is 0.131 e. The summed E-state index contributed by atoms with van der Waals surface area (Å²) in [5.74, 6) is 1.61. The molecule has 4 nitrogen and oxygen atoms in total. The van der Waals surface area contributed by atoms with E-state index in [1.54, 1.807) is 7.11 Å². The van der Waals surface area contributed by atoms with E-state index in [1.165, 1.54) is 0 Å². The van der Waals surface area contributed by atoms with Gasteiger partial charge in [-0.3, -0.25) is 0 Å². The fraction of sp³-hybridized carbons (Fsp3) is 0.0556. The highest BCUT2D eigenvalue weighted by molar-refractivity contribution is 5.67. The summed E-state index contributed by atoms with van der Waals surface area (Å²) in [4.78, 5) is 4.62. The molecule has 1 heterocycles. The van der Waals surface area contributed by atoms with E-state index in [4.69, 9.17) is 10.5 Å². The molecule has 0 bridgehead atoms. The summed E-state index contributed by atoms with van der Waals surface area (Å²) >= 11 is 0. The zero-order chi connectivity index (χ0) is 15.4. The molecule has 22 heavy (non-hydrogen) atoms. The van der Waals surface area contributed by atoms with Gasteiger partial charge in [0.1, 0.15) is 11.6 Å². The zero-order valence-corrected chi connectivity index (χ0v) is 12.3. The highest BCUT2D eigenvalue weighted by Gasteiger charge is 2.02. The SMILES string of the molecule is COc1ccc(Nc2cccc(-c3cccc(N)c3)n2)cc1. The number of nitrogens with one attached hydrogen (secondary N) is 1. The van der Waals surface area contributed by atoms with Crippen LogP contribution in [0.2, 0.25) is 0 Å². The van der Waals surface area contributed by atoms with Crippen LogP contribution in [0.15, 0.2) is 66.7 Å². The number of benzene rings is 2. The molecule has 0 saturated heterocycles. The largest absolute Gasteiger partial charge is 0.497 e. The van der Waals surface area contributed by atoms with Crippen LogP contribution >= 0.6 is 0 Å². The number of nitrogen functional groups attached to an aromatic ring is 1. The minimum Gasteiger partial charge on any atom is -0.497 e. The second-order valence-electron chi connectivity index (χ2n) is 4.89. The molecule has 0 amide bonds. The molecular formula is C18H17N3O. The van der Waals surface area contributed by atoms with Crippen LogP contribution in [0.3, 0.4) is 0 Å². The molecule has 0 aliphatic carbocycles. The van der Waals surface area contributed by atoms with Crippen LogP contribution in [-0.2, 0) is 0 Å². The fourth-order valence-electron chi connectivity index (χ4n) is 2.19. The van der Waals surface area contributed by atoms with Gasteiger partial charge in [0.25, 0.3) is 0 Å². The zero-order valence-electron chi connectivity index (χ0n) is 12.3. The summed E-state index contributed by atoms with van der Waals surface area (Å²) in [7, 11) is 1.65. The number of hydrogen-bond donors (Lipinski definition) is 2. The Labute approximate surface area is 129 Å². The third-order valence-corrected chi connectivity index (χ3v) is 3.29. The standard InChI is InChI=1S/C18H17N3O/c1-22-16-10-8-15(9-11-16)20-18-7-3-6-17(21-18)13-4-2-5-14(19)12-13/h2-12H,19H2,1H3,(H,20,21). The molecule has 0 unspecified atom stereocenters. The number of anilines is 3. The van der Waals surface area contributed by atoms with Crippen LogP contribution in [0.1, 0.15) is 0 Å². The Kier molecular flexibility index (Phi) is 3.92. The molecule has 0 atom stereocenters. The normalized spacial score (nSPS) is 10.2. The first-order valence-corrected chi connectivity index (χ1v) is 6.99. The van der Waals surface area contributed by atoms with Gasteiger partial charge >= 0.3 is 0 Å². The lowest BCUT2D eigenvalue weighted by atomic mass is 10.1. The van der Waals surface area contributed by atoms with Crippen molar-refractivity contribution in [1.29, 1.82) is 0 Å². The first-order valence-electron chi connectivity index (χ1n) is 6.99. The molecule has 1 aromatic heterocycles. The van der Waals surface area contributed by atoms with Gasteiger partial charge in [0.2, 0.25) is 0 Å². The molecule has 3 N–H and O–H groups in total. The monoisotopic (exact) mass is 291 g/mol. The van der Waals surface area contributed by atoms with Gasteiger partial charge < -0.3 is 15.8 Å². The van der Waals surface area contributed by atoms with Gasteiger partial charge in [-0.15, -0.1) is 0 Å². The smallest absolute Gasteiger partial charge is 0.131 e. The number of aromatic nitrogens is 1. The lowest BCUT2D eigenvalue weighted by Gasteiger charge is -2.09. The third kappa shape index (κ3) is 3.17. The Bertz CT molecular complexity index is 769. The summed E-state index contributed by atoms with van der Waals surface area (Å²) in [6.07, 6.45) is 0. The molecule has 0 aliphatic heterocycles. The van der Waals surface area contributed by atoms with Crippen LogP contribution in [0.5, 0.6) is 5.75 Å². The fourth-order valence-corrected chi connectivity index (χ4v) is 2.19. The summed E-state index contributed by atoms with van der Waals surface area (Å²) in [5.41, 5.74) is 9.39. The topological polar surface area (TPSA) is 60.2 Å². The number of nitrogens with zero attached hydrogens (tertiary/aromatic N) is 1. The van der Waals surface area contributed by atoms with E-state index in [0.717, 1.165) is 34.2 Å². The maximum absolute atomic E-state index is 5.83. The lowest BCUT2D eigenvalue weighted by Crippen LogP contribution is -1.95. The summed E-state index contributed by atoms with van der Waals surface area (Å²) in [5, 5.41) is 3.28. The number of pyridine rings is 1. The van der Waals surface area contributed by atoms with Crippen molar-refractivity contribution in [1.82, 2.24) is 4.98 Å². The average Bonchev–Trinajstić information content (AvgIpc) is 2.56. The minimum absolute atomic E-state index is 0.729. The number of ether oxygens (including phenoxy) is 1. The Balaban J connectivity index is 1.84. The molecule has 4 heteroatoms. The molecular weight excluding hydrogens is 274 g/mol. The number of hydrogen-bond acceptors (Lipinski definition) is 4. The van der Waals surface area contributed by atoms with Crippen molar-refractivity contribution in [2.45, 2.75) is 0 Å². The van der Waals surface area contributed by atoms with Crippen LogP contribution in [0, 0.1) is 0 Å². The van der Waals surface area contributed by atoms with Crippen molar-refractivity contribution >= 4 is 17.2 Å². The third-order valence-electron chi connectivity index (χ3n) is 3.29. The molecule has 0 fully saturated rings. The molecule has 0 saturated carbocycles. The Hall–Kier alpha value is -3.01. The van der Waals surface area contributed by atoms with Crippen LogP contribution in [-0.4, -0.2) is 12.1 Å². The van der Waals surface area contributed by atoms with Gasteiger partial charge in [-0.25, -0.2) is 4.98 Å². The molecule has 0 radical (unpaired) electrons. The summed E-state index contributed by atoms with van der Waals surface area (Å²) in [6, 6.07) is 21.3. The highest BCUT2D eigenvalue weighted by Crippen LogP contribution is 2.23. The van der Waals surface area contributed by atoms with Gasteiger partial charge in [0.05, 0.1) is 12.8 Å². The molecule has 3 aromatic rings. The molecule has 0 spiro atoms. The van der Waals surface area contributed by atoms with E-state index >= 15 is 0 Å². The molecule has 0 aliphatic rings. The Morgan fingerprint density at radius 1 is 0.955 bits per heavy atom. The number of rotatable bonds is 4. The van der Waals surface area contributed by atoms with Crippen molar-refractivity contribution in [3.05, 3.63) is 66.7 Å². The molecule has 3 rings (SSSR count). The Morgan fingerprint density at radius 3 is 2.45 bits per heavy atom.